The molecule has 1 fully saturated rings. The van der Waals surface area contributed by atoms with E-state index < -0.39 is 27.6 Å². The van der Waals surface area contributed by atoms with E-state index in [2.05, 4.69) is 0 Å². The minimum atomic E-state index is -3.87. The van der Waals surface area contributed by atoms with Crippen LogP contribution in [0.25, 0.3) is 0 Å². The Hall–Kier alpha value is -2.71. The van der Waals surface area contributed by atoms with Crippen molar-refractivity contribution in [2.24, 2.45) is 0 Å². The van der Waals surface area contributed by atoms with Crippen molar-refractivity contribution in [2.45, 2.75) is 61.2 Å². The number of carbonyl (C=O) groups is 2. The molecule has 2 aromatic rings. The van der Waals surface area contributed by atoms with Crippen molar-refractivity contribution in [2.75, 3.05) is 6.54 Å². The Morgan fingerprint density at radius 2 is 1.77 bits per heavy atom. The quantitative estimate of drug-likeness (QED) is 0.729. The molecule has 1 saturated heterocycles. The molecule has 0 radical (unpaired) electrons. The highest BCUT2D eigenvalue weighted by Gasteiger charge is 2.47. The minimum Gasteiger partial charge on any atom is -0.485 e. The van der Waals surface area contributed by atoms with Crippen LogP contribution in [0.4, 0.5) is 0 Å². The first-order valence-corrected chi connectivity index (χ1v) is 11.7. The second kappa shape index (κ2) is 7.46. The summed E-state index contributed by atoms with van der Waals surface area (Å²) in [6, 6.07) is 9.60. The Labute approximate surface area is 181 Å². The summed E-state index contributed by atoms with van der Waals surface area (Å²) >= 11 is 0. The lowest BCUT2D eigenvalue weighted by atomic mass is 9.85. The number of aliphatic hydroxyl groups is 1. The van der Waals surface area contributed by atoms with Crippen molar-refractivity contribution in [3.63, 3.8) is 0 Å². The maximum Gasteiger partial charge on any atom is 0.223 e. The van der Waals surface area contributed by atoms with E-state index in [0.29, 0.717) is 36.3 Å². The highest BCUT2D eigenvalue weighted by molar-refractivity contribution is 7.91. The Morgan fingerprint density at radius 3 is 2.35 bits per heavy atom. The van der Waals surface area contributed by atoms with Crippen molar-refractivity contribution in [1.82, 2.24) is 4.90 Å². The highest BCUT2D eigenvalue weighted by Crippen LogP contribution is 2.45. The average molecular weight is 444 g/mol. The first kappa shape index (κ1) is 21.5. The molecular weight excluding hydrogens is 418 g/mol. The van der Waals surface area contributed by atoms with Gasteiger partial charge < -0.3 is 14.7 Å². The molecule has 0 spiro atoms. The summed E-state index contributed by atoms with van der Waals surface area (Å²) in [7, 11) is -3.87. The number of likely N-dealkylation sites (tertiary alicyclic amines) is 1. The molecule has 1 N–H and O–H groups in total. The number of carbonyl (C=O) groups excluding carboxylic acids is 2. The number of amides is 1. The SMILES string of the molecule is CC(=O)c1ccc(S(=O)(=O)c2ccc3c(c2)[C@@H](N2CCCC2=O)[C@H](O)C(C)(C)O3)cc1. The fourth-order valence-corrected chi connectivity index (χ4v) is 5.51. The van der Waals surface area contributed by atoms with E-state index >= 15 is 0 Å². The number of fused-ring (bicyclic) bond motifs is 1. The second-order valence-corrected chi connectivity index (χ2v) is 10.5. The first-order chi connectivity index (χ1) is 14.5. The van der Waals surface area contributed by atoms with E-state index in [-0.39, 0.29) is 21.5 Å². The average Bonchev–Trinajstić information content (AvgIpc) is 3.14. The van der Waals surface area contributed by atoms with Crippen LogP contribution in [0.5, 0.6) is 5.75 Å². The lowest BCUT2D eigenvalue weighted by Crippen LogP contribution is -2.53. The van der Waals surface area contributed by atoms with Crippen LogP contribution in [0.3, 0.4) is 0 Å². The molecule has 164 valence electrons. The molecule has 31 heavy (non-hydrogen) atoms. The number of hydrogen-bond acceptors (Lipinski definition) is 6. The number of nitrogens with zero attached hydrogens (tertiary/aromatic N) is 1. The van der Waals surface area contributed by atoms with Gasteiger partial charge in [-0.2, -0.15) is 0 Å². The summed E-state index contributed by atoms with van der Waals surface area (Å²) in [6.45, 7) is 5.41. The molecule has 2 aromatic carbocycles. The molecule has 2 heterocycles. The summed E-state index contributed by atoms with van der Waals surface area (Å²) < 4.78 is 32.4. The summed E-state index contributed by atoms with van der Waals surface area (Å²) in [5.74, 6) is 0.233. The minimum absolute atomic E-state index is 0.0361. The van der Waals surface area contributed by atoms with Gasteiger partial charge in [0.05, 0.1) is 15.8 Å². The number of Topliss-reactive ketones (excluding diaryl/α,β-unsaturated/α-hetero) is 1. The number of rotatable bonds is 4. The van der Waals surface area contributed by atoms with Crippen molar-refractivity contribution < 1.29 is 27.9 Å². The van der Waals surface area contributed by atoms with E-state index in [0.717, 1.165) is 0 Å². The molecule has 2 aliphatic heterocycles. The van der Waals surface area contributed by atoms with Crippen molar-refractivity contribution in [3.8, 4) is 5.75 Å². The van der Waals surface area contributed by atoms with Gasteiger partial charge in [0.2, 0.25) is 15.7 Å². The van der Waals surface area contributed by atoms with Crippen LogP contribution in [0, 0.1) is 0 Å². The molecule has 2 atom stereocenters. The van der Waals surface area contributed by atoms with Gasteiger partial charge in [-0.1, -0.05) is 12.1 Å². The van der Waals surface area contributed by atoms with Gasteiger partial charge >= 0.3 is 0 Å². The standard InChI is InChI=1S/C23H25NO6S/c1-14(25)15-6-8-16(9-7-15)31(28,29)17-10-11-19-18(13-17)21(22(27)23(2,3)30-19)24-12-4-5-20(24)26/h6-11,13,21-22,27H,4-5,12H2,1-3H3/t21-,22+/m1/s1. The van der Waals surface area contributed by atoms with Gasteiger partial charge in [-0.25, -0.2) is 8.42 Å². The van der Waals surface area contributed by atoms with Gasteiger partial charge in [-0.05, 0) is 57.5 Å². The van der Waals surface area contributed by atoms with E-state index in [9.17, 15) is 23.1 Å². The van der Waals surface area contributed by atoms with Gasteiger partial charge in [0, 0.05) is 24.1 Å². The maximum absolute atomic E-state index is 13.2. The number of aliphatic hydroxyl groups excluding tert-OH is 1. The van der Waals surface area contributed by atoms with Crippen molar-refractivity contribution in [1.29, 1.82) is 0 Å². The first-order valence-electron chi connectivity index (χ1n) is 10.2. The molecule has 2 aliphatic rings. The normalized spacial score (nSPS) is 22.7. The van der Waals surface area contributed by atoms with Crippen LogP contribution >= 0.6 is 0 Å². The smallest absolute Gasteiger partial charge is 0.223 e. The molecule has 7 nitrogen and oxygen atoms in total. The zero-order valence-corrected chi connectivity index (χ0v) is 18.5. The Morgan fingerprint density at radius 1 is 1.13 bits per heavy atom. The molecule has 8 heteroatoms. The molecular formula is C23H25NO6S. The Bertz CT molecular complexity index is 1150. The van der Waals surface area contributed by atoms with Crippen LogP contribution in [0.15, 0.2) is 52.3 Å². The fraction of sp³-hybridized carbons (Fsp3) is 0.391. The molecule has 1 amide bonds. The summed E-state index contributed by atoms with van der Waals surface area (Å²) in [5.41, 5.74) is -0.0389. The number of hydrogen-bond donors (Lipinski definition) is 1. The Balaban J connectivity index is 1.80. The molecule has 0 aromatic heterocycles. The van der Waals surface area contributed by atoms with Crippen LogP contribution in [0.1, 0.15) is 55.6 Å². The van der Waals surface area contributed by atoms with Gasteiger partial charge in [0.15, 0.2) is 5.78 Å². The van der Waals surface area contributed by atoms with Crippen LogP contribution < -0.4 is 4.74 Å². The zero-order valence-electron chi connectivity index (χ0n) is 17.7. The number of sulfone groups is 1. The lowest BCUT2D eigenvalue weighted by molar-refractivity contribution is -0.139. The molecule has 4 rings (SSSR count). The molecule has 0 bridgehead atoms. The van der Waals surface area contributed by atoms with E-state index in [4.69, 9.17) is 4.74 Å². The number of ether oxygens (including phenoxy) is 1. The van der Waals surface area contributed by atoms with Gasteiger partial charge in [0.1, 0.15) is 17.5 Å². The number of benzene rings is 2. The predicted octanol–water partition coefficient (Wildman–Crippen LogP) is 2.92. The third-order valence-corrected chi connectivity index (χ3v) is 7.78. The van der Waals surface area contributed by atoms with Crippen LogP contribution in [-0.4, -0.2) is 48.4 Å². The second-order valence-electron chi connectivity index (χ2n) is 8.57. The summed E-state index contributed by atoms with van der Waals surface area (Å²) in [4.78, 5) is 25.7. The third-order valence-electron chi connectivity index (χ3n) is 6.01. The largest absolute Gasteiger partial charge is 0.485 e. The predicted molar refractivity (Wildman–Crippen MR) is 113 cm³/mol. The van der Waals surface area contributed by atoms with Crippen molar-refractivity contribution >= 4 is 21.5 Å². The van der Waals surface area contributed by atoms with Crippen molar-refractivity contribution in [3.05, 3.63) is 53.6 Å². The molecule has 0 aliphatic carbocycles. The summed E-state index contributed by atoms with van der Waals surface area (Å²) in [6.07, 6.45) is 0.0781. The van der Waals surface area contributed by atoms with E-state index in [1.165, 1.54) is 43.3 Å². The Kier molecular flexibility index (Phi) is 5.18. The lowest BCUT2D eigenvalue weighted by Gasteiger charge is -2.45. The van der Waals surface area contributed by atoms with Crippen LogP contribution in [0.2, 0.25) is 0 Å². The number of ketones is 1. The summed E-state index contributed by atoms with van der Waals surface area (Å²) in [5, 5.41) is 11.0. The fourth-order valence-electron chi connectivity index (χ4n) is 4.22. The van der Waals surface area contributed by atoms with E-state index in [1.807, 2.05) is 0 Å². The molecule has 0 unspecified atom stereocenters. The zero-order chi connectivity index (χ0) is 22.6. The monoisotopic (exact) mass is 443 g/mol. The third kappa shape index (κ3) is 3.64. The highest BCUT2D eigenvalue weighted by atomic mass is 32.2. The topological polar surface area (TPSA) is 101 Å². The molecule has 0 saturated carbocycles. The van der Waals surface area contributed by atoms with Gasteiger partial charge in [-0.15, -0.1) is 0 Å². The van der Waals surface area contributed by atoms with Gasteiger partial charge in [-0.3, -0.25) is 9.59 Å². The van der Waals surface area contributed by atoms with E-state index in [1.54, 1.807) is 24.8 Å². The maximum atomic E-state index is 13.2. The van der Waals surface area contributed by atoms with Gasteiger partial charge in [0.25, 0.3) is 0 Å². The van der Waals surface area contributed by atoms with Crippen LogP contribution in [-0.2, 0) is 14.6 Å².